The zero-order valence-electron chi connectivity index (χ0n) is 11.1. The van der Waals surface area contributed by atoms with Crippen LogP contribution < -0.4 is 4.74 Å². The van der Waals surface area contributed by atoms with E-state index in [1.54, 1.807) is 0 Å². The molecule has 0 radical (unpaired) electrons. The topological polar surface area (TPSA) is 46.5 Å². The van der Waals surface area contributed by atoms with Crippen LogP contribution in [0.1, 0.15) is 49.4 Å². The summed E-state index contributed by atoms with van der Waals surface area (Å²) in [4.78, 5) is 10.7. The molecule has 0 saturated heterocycles. The van der Waals surface area contributed by atoms with Crippen molar-refractivity contribution < 1.29 is 19.0 Å². The molecule has 2 unspecified atom stereocenters. The van der Waals surface area contributed by atoms with E-state index in [2.05, 4.69) is 6.92 Å². The van der Waals surface area contributed by atoms with E-state index < -0.39 is 11.8 Å². The van der Waals surface area contributed by atoms with Crippen molar-refractivity contribution in [3.63, 3.8) is 0 Å². The average Bonchev–Trinajstić information content (AvgIpc) is 2.39. The molecular formula is C15H19FO3. The highest BCUT2D eigenvalue weighted by Crippen LogP contribution is 2.30. The van der Waals surface area contributed by atoms with Crippen LogP contribution in [0.25, 0.3) is 0 Å². The molecule has 0 spiro atoms. The summed E-state index contributed by atoms with van der Waals surface area (Å²) in [5, 5.41) is 8.78. The Morgan fingerprint density at radius 3 is 2.79 bits per heavy atom. The number of hydrogen-bond acceptors (Lipinski definition) is 2. The van der Waals surface area contributed by atoms with Crippen LogP contribution in [-0.2, 0) is 0 Å². The molecular weight excluding hydrogens is 247 g/mol. The van der Waals surface area contributed by atoms with Crippen molar-refractivity contribution in [3.8, 4) is 5.75 Å². The van der Waals surface area contributed by atoms with Gasteiger partial charge in [0.05, 0.1) is 5.56 Å². The maximum Gasteiger partial charge on any atom is 0.338 e. The monoisotopic (exact) mass is 266 g/mol. The fourth-order valence-electron chi connectivity index (χ4n) is 2.71. The van der Waals surface area contributed by atoms with Crippen molar-refractivity contribution in [2.24, 2.45) is 5.92 Å². The quantitative estimate of drug-likeness (QED) is 0.899. The summed E-state index contributed by atoms with van der Waals surface area (Å²) in [5.74, 6) is -1.06. The molecule has 1 aliphatic rings. The van der Waals surface area contributed by atoms with Crippen molar-refractivity contribution in [2.75, 3.05) is 0 Å². The molecule has 0 bridgehead atoms. The largest absolute Gasteiger partial charge is 0.490 e. The second-order valence-corrected chi connectivity index (χ2v) is 5.06. The van der Waals surface area contributed by atoms with Gasteiger partial charge < -0.3 is 9.84 Å². The molecule has 104 valence electrons. The van der Waals surface area contributed by atoms with Crippen molar-refractivity contribution in [1.29, 1.82) is 0 Å². The van der Waals surface area contributed by atoms with E-state index >= 15 is 0 Å². The lowest BCUT2D eigenvalue weighted by Crippen LogP contribution is -2.29. The van der Waals surface area contributed by atoms with E-state index in [-0.39, 0.29) is 11.7 Å². The minimum absolute atomic E-state index is 0.119. The molecule has 19 heavy (non-hydrogen) atoms. The summed E-state index contributed by atoms with van der Waals surface area (Å²) < 4.78 is 19.4. The van der Waals surface area contributed by atoms with E-state index in [9.17, 15) is 9.18 Å². The third kappa shape index (κ3) is 3.25. The van der Waals surface area contributed by atoms with Gasteiger partial charge in [-0.05, 0) is 43.7 Å². The number of halogens is 1. The smallest absolute Gasteiger partial charge is 0.338 e. The number of ether oxygens (including phenoxy) is 1. The predicted molar refractivity (Wildman–Crippen MR) is 70.0 cm³/mol. The van der Waals surface area contributed by atoms with Crippen molar-refractivity contribution in [2.45, 2.75) is 45.1 Å². The van der Waals surface area contributed by atoms with Gasteiger partial charge in [-0.3, -0.25) is 0 Å². The van der Waals surface area contributed by atoms with E-state index in [1.807, 2.05) is 0 Å². The Kier molecular flexibility index (Phi) is 4.40. The number of rotatable bonds is 4. The van der Waals surface area contributed by atoms with Crippen LogP contribution in [0.5, 0.6) is 5.75 Å². The van der Waals surface area contributed by atoms with Crippen LogP contribution in [0.4, 0.5) is 4.39 Å². The Bertz CT molecular complexity index is 459. The lowest BCUT2D eigenvalue weighted by atomic mass is 9.85. The Hall–Kier alpha value is -1.58. The first-order valence-corrected chi connectivity index (χ1v) is 6.81. The molecule has 3 nitrogen and oxygen atoms in total. The molecule has 4 heteroatoms. The number of benzene rings is 1. The van der Waals surface area contributed by atoms with Gasteiger partial charge in [0.2, 0.25) is 0 Å². The Morgan fingerprint density at radius 1 is 1.42 bits per heavy atom. The van der Waals surface area contributed by atoms with Crippen LogP contribution in [0, 0.1) is 11.7 Å². The van der Waals surface area contributed by atoms with Crippen LogP contribution in [0.2, 0.25) is 0 Å². The second kappa shape index (κ2) is 6.04. The molecule has 2 rings (SSSR count). The average molecular weight is 266 g/mol. The Morgan fingerprint density at radius 2 is 2.16 bits per heavy atom. The molecule has 1 N–H and O–H groups in total. The van der Waals surface area contributed by atoms with Gasteiger partial charge in [0, 0.05) is 6.07 Å². The molecule has 0 aromatic heterocycles. The third-order valence-corrected chi connectivity index (χ3v) is 3.82. The van der Waals surface area contributed by atoms with Gasteiger partial charge >= 0.3 is 5.97 Å². The lowest BCUT2D eigenvalue weighted by molar-refractivity contribution is 0.0691. The highest BCUT2D eigenvalue weighted by molar-refractivity contribution is 5.88. The second-order valence-electron chi connectivity index (χ2n) is 5.06. The van der Waals surface area contributed by atoms with Crippen molar-refractivity contribution in [3.05, 3.63) is 29.6 Å². The van der Waals surface area contributed by atoms with Crippen LogP contribution in [0.15, 0.2) is 18.2 Å². The highest BCUT2D eigenvalue weighted by Gasteiger charge is 2.25. The maximum atomic E-state index is 13.6. The van der Waals surface area contributed by atoms with Gasteiger partial charge in [-0.25, -0.2) is 9.18 Å². The molecule has 1 fully saturated rings. The number of hydrogen-bond donors (Lipinski definition) is 1. The molecule has 0 aliphatic heterocycles. The van der Waals surface area contributed by atoms with E-state index in [1.165, 1.54) is 24.6 Å². The molecule has 1 aromatic rings. The zero-order chi connectivity index (χ0) is 13.8. The van der Waals surface area contributed by atoms with Gasteiger partial charge in [0.1, 0.15) is 17.7 Å². The summed E-state index contributed by atoms with van der Waals surface area (Å²) >= 11 is 0. The first-order chi connectivity index (χ1) is 9.11. The standard InChI is InChI=1S/C15H19FO3/c1-2-10-5-3-4-6-14(10)19-11-7-8-12(15(17)18)13(16)9-11/h7-10,14H,2-6H2,1H3,(H,17,18). The van der Waals surface area contributed by atoms with E-state index in [0.29, 0.717) is 11.7 Å². The number of carbonyl (C=O) groups is 1. The Balaban J connectivity index is 2.10. The third-order valence-electron chi connectivity index (χ3n) is 3.82. The fraction of sp³-hybridized carbons (Fsp3) is 0.533. The number of carboxylic acids is 1. The van der Waals surface area contributed by atoms with Crippen LogP contribution in [0.3, 0.4) is 0 Å². The normalized spacial score (nSPS) is 23.1. The Labute approximate surface area is 112 Å². The minimum atomic E-state index is -1.26. The molecule has 0 amide bonds. The van der Waals surface area contributed by atoms with E-state index in [0.717, 1.165) is 25.7 Å². The summed E-state index contributed by atoms with van der Waals surface area (Å²) in [7, 11) is 0. The van der Waals surface area contributed by atoms with Crippen molar-refractivity contribution >= 4 is 5.97 Å². The number of aromatic carboxylic acids is 1. The first kappa shape index (κ1) is 13.8. The zero-order valence-corrected chi connectivity index (χ0v) is 11.1. The predicted octanol–water partition coefficient (Wildman–Crippen LogP) is 3.87. The SMILES string of the molecule is CCC1CCCCC1Oc1ccc(C(=O)O)c(F)c1. The molecule has 1 aromatic carbocycles. The summed E-state index contributed by atoms with van der Waals surface area (Å²) in [5.41, 5.74) is -0.317. The number of carboxylic acid groups (broad SMARTS) is 1. The van der Waals surface area contributed by atoms with Crippen LogP contribution in [-0.4, -0.2) is 17.2 Å². The lowest BCUT2D eigenvalue weighted by Gasteiger charge is -2.31. The summed E-state index contributed by atoms with van der Waals surface area (Å²) in [6.45, 7) is 2.14. The maximum absolute atomic E-state index is 13.6. The molecule has 1 saturated carbocycles. The first-order valence-electron chi connectivity index (χ1n) is 6.81. The summed E-state index contributed by atoms with van der Waals surface area (Å²) in [6.07, 6.45) is 5.67. The highest BCUT2D eigenvalue weighted by atomic mass is 19.1. The minimum Gasteiger partial charge on any atom is -0.490 e. The van der Waals surface area contributed by atoms with Gasteiger partial charge in [-0.1, -0.05) is 13.3 Å². The van der Waals surface area contributed by atoms with Crippen molar-refractivity contribution in [1.82, 2.24) is 0 Å². The molecule has 2 atom stereocenters. The van der Waals surface area contributed by atoms with Gasteiger partial charge in [0.15, 0.2) is 0 Å². The molecule has 0 heterocycles. The fourth-order valence-corrected chi connectivity index (χ4v) is 2.71. The van der Waals surface area contributed by atoms with Gasteiger partial charge in [0.25, 0.3) is 0 Å². The molecule has 1 aliphatic carbocycles. The van der Waals surface area contributed by atoms with Crippen LogP contribution >= 0.6 is 0 Å². The van der Waals surface area contributed by atoms with Gasteiger partial charge in [-0.15, -0.1) is 0 Å². The van der Waals surface area contributed by atoms with Gasteiger partial charge in [-0.2, -0.15) is 0 Å². The summed E-state index contributed by atoms with van der Waals surface area (Å²) in [6, 6.07) is 3.97. The van der Waals surface area contributed by atoms with E-state index in [4.69, 9.17) is 9.84 Å².